The van der Waals surface area contributed by atoms with E-state index in [1.807, 2.05) is 12.4 Å². The van der Waals surface area contributed by atoms with Crippen LogP contribution in [0.2, 0.25) is 0 Å². The predicted octanol–water partition coefficient (Wildman–Crippen LogP) is 6.30. The summed E-state index contributed by atoms with van der Waals surface area (Å²) in [6.07, 6.45) is 4.77. The highest BCUT2D eigenvalue weighted by atomic mass is 14.9. The minimum Gasteiger partial charge on any atom is -0.241 e. The quantitative estimate of drug-likeness (QED) is 0.371. The van der Waals surface area contributed by atoms with Crippen LogP contribution in [0, 0.1) is 26.2 Å². The summed E-state index contributed by atoms with van der Waals surface area (Å²) in [6, 6.07) is 15.6. The van der Waals surface area contributed by atoms with Crippen LogP contribution in [0.1, 0.15) is 43.3 Å². The number of nitrogens with zero attached hydrogens (tertiary/aromatic N) is 3. The predicted molar refractivity (Wildman–Crippen MR) is 129 cm³/mol. The summed E-state index contributed by atoms with van der Waals surface area (Å²) in [4.78, 5) is 9.20. The molecule has 2 aromatic carbocycles. The number of hydrogen-bond acceptors (Lipinski definition) is 2. The monoisotopic (exact) mass is 410 g/mol. The van der Waals surface area contributed by atoms with Crippen molar-refractivity contribution in [3.63, 3.8) is 0 Å². The Labute approximate surface area is 185 Å². The van der Waals surface area contributed by atoms with Gasteiger partial charge in [-0.25, -0.2) is 9.97 Å². The maximum absolute atomic E-state index is 4.60. The average Bonchev–Trinajstić information content (AvgIpc) is 2.70. The maximum atomic E-state index is 4.60. The van der Waals surface area contributed by atoms with Gasteiger partial charge in [0, 0.05) is 47.5 Å². The largest absolute Gasteiger partial charge is 0.241 e. The molecule has 31 heavy (non-hydrogen) atoms. The third-order valence-corrected chi connectivity index (χ3v) is 5.99. The van der Waals surface area contributed by atoms with Crippen LogP contribution in [-0.2, 0) is 13.5 Å². The van der Waals surface area contributed by atoms with Crippen LogP contribution in [0.4, 0.5) is 0 Å². The molecule has 2 heterocycles. The number of aryl methyl sites for hydroxylation is 3. The maximum Gasteiger partial charge on any atom is 0.213 e. The van der Waals surface area contributed by atoms with Gasteiger partial charge in [0.2, 0.25) is 11.2 Å². The lowest BCUT2D eigenvalue weighted by Crippen LogP contribution is -2.32. The first-order valence-electron chi connectivity index (χ1n) is 10.9. The lowest BCUT2D eigenvalue weighted by Gasteiger charge is -2.16. The van der Waals surface area contributed by atoms with E-state index in [1.54, 1.807) is 0 Å². The van der Waals surface area contributed by atoms with Crippen LogP contribution in [0.25, 0.3) is 33.3 Å². The highest BCUT2D eigenvalue weighted by Gasteiger charge is 2.18. The highest BCUT2D eigenvalue weighted by Crippen LogP contribution is 2.28. The second kappa shape index (κ2) is 7.88. The van der Waals surface area contributed by atoms with Crippen LogP contribution >= 0.6 is 0 Å². The molecular formula is C28H32N3+. The Morgan fingerprint density at radius 2 is 1.55 bits per heavy atom. The van der Waals surface area contributed by atoms with Gasteiger partial charge in [-0.05, 0) is 67.1 Å². The minimum atomic E-state index is 0.186. The summed E-state index contributed by atoms with van der Waals surface area (Å²) in [7, 11) is 2.15. The van der Waals surface area contributed by atoms with Crippen molar-refractivity contribution in [1.29, 1.82) is 0 Å². The second-order valence-electron chi connectivity index (χ2n) is 9.93. The van der Waals surface area contributed by atoms with E-state index in [2.05, 4.69) is 106 Å². The molecule has 0 N–H and O–H groups in total. The third-order valence-electron chi connectivity index (χ3n) is 5.99. The molecule has 2 aromatic heterocycles. The molecule has 0 radical (unpaired) electrons. The lowest BCUT2D eigenvalue weighted by molar-refractivity contribution is -0.633. The molecule has 0 spiro atoms. The number of hydrogen-bond donors (Lipinski definition) is 0. The Kier molecular flexibility index (Phi) is 5.38. The molecule has 3 nitrogen and oxygen atoms in total. The molecule has 0 aliphatic carbocycles. The fraction of sp³-hybridized carbons (Fsp3) is 0.321. The molecule has 0 unspecified atom stereocenters. The lowest BCUT2D eigenvalue weighted by atomic mass is 9.92. The van der Waals surface area contributed by atoms with Crippen LogP contribution in [-0.4, -0.2) is 9.97 Å². The smallest absolute Gasteiger partial charge is 0.213 e. The van der Waals surface area contributed by atoms with E-state index in [9.17, 15) is 0 Å². The first-order chi connectivity index (χ1) is 14.6. The van der Waals surface area contributed by atoms with E-state index >= 15 is 0 Å². The summed E-state index contributed by atoms with van der Waals surface area (Å²) in [5.74, 6) is 0.900. The Hall–Kier alpha value is -3.07. The van der Waals surface area contributed by atoms with Crippen molar-refractivity contribution in [2.45, 2.75) is 48.0 Å². The molecule has 0 bridgehead atoms. The van der Waals surface area contributed by atoms with Crippen LogP contribution in [0.5, 0.6) is 0 Å². The number of aromatic nitrogens is 3. The molecule has 0 atom stereocenters. The molecule has 0 fully saturated rings. The van der Waals surface area contributed by atoms with E-state index in [1.165, 1.54) is 38.9 Å². The molecule has 0 aliphatic heterocycles. The van der Waals surface area contributed by atoms with Crippen LogP contribution in [0.3, 0.4) is 0 Å². The highest BCUT2D eigenvalue weighted by molar-refractivity contribution is 5.83. The summed E-state index contributed by atoms with van der Waals surface area (Å²) in [6.45, 7) is 13.2. The summed E-state index contributed by atoms with van der Waals surface area (Å²) in [5, 5.41) is 1.21. The van der Waals surface area contributed by atoms with Gasteiger partial charge in [-0.3, -0.25) is 0 Å². The van der Waals surface area contributed by atoms with Crippen LogP contribution < -0.4 is 4.57 Å². The fourth-order valence-corrected chi connectivity index (χ4v) is 4.23. The zero-order chi connectivity index (χ0) is 22.3. The Balaban J connectivity index is 1.73. The van der Waals surface area contributed by atoms with Gasteiger partial charge >= 0.3 is 0 Å². The fourth-order valence-electron chi connectivity index (χ4n) is 4.23. The van der Waals surface area contributed by atoms with E-state index < -0.39 is 0 Å². The molecule has 4 rings (SSSR count). The Morgan fingerprint density at radius 1 is 0.839 bits per heavy atom. The standard InChI is InChI=1S/C28H32N3/c1-18-12-19(2)20(3)24(13-18)26-11-9-22-14-21(8-10-25(22)31(26)7)23-16-29-27(30-17-23)15-28(4,5)6/h8-14,16-17H,15H2,1-7H3/q+1. The molecular weight excluding hydrogens is 378 g/mol. The van der Waals surface area contributed by atoms with Crippen molar-refractivity contribution < 1.29 is 4.57 Å². The van der Waals surface area contributed by atoms with Gasteiger partial charge in [0.1, 0.15) is 12.9 Å². The minimum absolute atomic E-state index is 0.186. The summed E-state index contributed by atoms with van der Waals surface area (Å²) >= 11 is 0. The van der Waals surface area contributed by atoms with Crippen molar-refractivity contribution in [1.82, 2.24) is 9.97 Å². The number of benzene rings is 2. The third kappa shape index (κ3) is 4.36. The molecule has 0 saturated heterocycles. The normalized spacial score (nSPS) is 11.8. The van der Waals surface area contributed by atoms with E-state index in [0.29, 0.717) is 0 Å². The zero-order valence-corrected chi connectivity index (χ0v) is 19.7. The van der Waals surface area contributed by atoms with Crippen molar-refractivity contribution >= 4 is 10.9 Å². The zero-order valence-electron chi connectivity index (χ0n) is 19.7. The average molecular weight is 411 g/mol. The summed E-state index contributed by atoms with van der Waals surface area (Å²) in [5.41, 5.74) is 10.1. The van der Waals surface area contributed by atoms with Crippen molar-refractivity contribution in [2.24, 2.45) is 12.5 Å². The first-order valence-corrected chi connectivity index (χ1v) is 10.9. The second-order valence-corrected chi connectivity index (χ2v) is 9.93. The first kappa shape index (κ1) is 21.2. The summed E-state index contributed by atoms with van der Waals surface area (Å²) < 4.78 is 2.29. The molecule has 158 valence electrons. The van der Waals surface area contributed by atoms with Gasteiger partial charge < -0.3 is 0 Å². The van der Waals surface area contributed by atoms with Gasteiger partial charge in [0.05, 0.1) is 0 Å². The van der Waals surface area contributed by atoms with Gasteiger partial charge in [0.15, 0.2) is 0 Å². The molecule has 0 amide bonds. The Morgan fingerprint density at radius 3 is 2.23 bits per heavy atom. The number of pyridine rings is 1. The molecule has 3 heteroatoms. The van der Waals surface area contributed by atoms with E-state index in [0.717, 1.165) is 23.4 Å². The van der Waals surface area contributed by atoms with Gasteiger partial charge in [-0.15, -0.1) is 0 Å². The SMILES string of the molecule is Cc1cc(C)c(C)c(-c2ccc3cc(-c4cnc(CC(C)(C)C)nc4)ccc3[n+]2C)c1. The van der Waals surface area contributed by atoms with E-state index in [4.69, 9.17) is 0 Å². The number of rotatable bonds is 3. The van der Waals surface area contributed by atoms with Gasteiger partial charge in [-0.1, -0.05) is 32.4 Å². The van der Waals surface area contributed by atoms with Crippen molar-refractivity contribution in [2.75, 3.05) is 0 Å². The van der Waals surface area contributed by atoms with E-state index in [-0.39, 0.29) is 5.41 Å². The Bertz CT molecular complexity index is 1260. The van der Waals surface area contributed by atoms with Gasteiger partial charge in [-0.2, -0.15) is 4.57 Å². The van der Waals surface area contributed by atoms with Crippen molar-refractivity contribution in [3.05, 3.63) is 77.4 Å². The topological polar surface area (TPSA) is 29.7 Å². The number of fused-ring (bicyclic) bond motifs is 1. The molecule has 0 saturated carbocycles. The van der Waals surface area contributed by atoms with Crippen molar-refractivity contribution in [3.8, 4) is 22.4 Å². The van der Waals surface area contributed by atoms with Gasteiger partial charge in [0.25, 0.3) is 0 Å². The van der Waals surface area contributed by atoms with Crippen LogP contribution in [0.15, 0.2) is 54.9 Å². The molecule has 0 aliphatic rings. The molecule has 4 aromatic rings.